The molecule has 0 heterocycles. The minimum Gasteiger partial charge on any atom is -0.444 e. The molecule has 4 amide bonds. The molecular formula is C33H56N4O5. The van der Waals surface area contributed by atoms with Gasteiger partial charge in [0, 0.05) is 19.5 Å². The van der Waals surface area contributed by atoms with Crippen molar-refractivity contribution < 1.29 is 23.9 Å². The molecule has 0 aliphatic carbocycles. The van der Waals surface area contributed by atoms with Crippen LogP contribution >= 0.6 is 0 Å². The van der Waals surface area contributed by atoms with E-state index in [0.29, 0.717) is 19.5 Å². The third kappa shape index (κ3) is 13.7. The summed E-state index contributed by atoms with van der Waals surface area (Å²) in [4.78, 5) is 54.3. The van der Waals surface area contributed by atoms with E-state index in [9.17, 15) is 19.2 Å². The Morgan fingerprint density at radius 1 is 0.929 bits per heavy atom. The number of carbonyl (C=O) groups excluding carboxylic acids is 4. The Kier molecular flexibility index (Phi) is 16.8. The van der Waals surface area contributed by atoms with Crippen LogP contribution in [0.3, 0.4) is 0 Å². The van der Waals surface area contributed by atoms with Gasteiger partial charge in [0.15, 0.2) is 0 Å². The molecule has 1 aromatic carbocycles. The number of unbranched alkanes of at least 4 members (excludes halogenated alkanes) is 7. The molecule has 0 saturated carbocycles. The van der Waals surface area contributed by atoms with E-state index in [0.717, 1.165) is 68.1 Å². The second-order valence-corrected chi connectivity index (χ2v) is 12.2. The van der Waals surface area contributed by atoms with E-state index in [1.807, 2.05) is 32.0 Å². The first kappa shape index (κ1) is 36.9. The Bertz CT molecular complexity index is 1000. The number of nitrogens with two attached hydrogens (primary N) is 1. The smallest absolute Gasteiger partial charge is 0.408 e. The maximum absolute atomic E-state index is 14.3. The summed E-state index contributed by atoms with van der Waals surface area (Å²) in [6.45, 7) is 14.2. The summed E-state index contributed by atoms with van der Waals surface area (Å²) < 4.78 is 5.43. The van der Waals surface area contributed by atoms with Crippen molar-refractivity contribution >= 4 is 23.8 Å². The molecular weight excluding hydrogens is 532 g/mol. The molecule has 0 spiro atoms. The fourth-order valence-corrected chi connectivity index (χ4v) is 4.83. The number of aryl methyl sites for hydroxylation is 1. The van der Waals surface area contributed by atoms with Crippen LogP contribution in [0, 0.1) is 13.8 Å². The Morgan fingerprint density at radius 3 is 2.17 bits per heavy atom. The zero-order valence-corrected chi connectivity index (χ0v) is 27.1. The molecule has 2 unspecified atom stereocenters. The molecule has 4 N–H and O–H groups in total. The van der Waals surface area contributed by atoms with Crippen molar-refractivity contribution in [1.82, 2.24) is 15.5 Å². The minimum atomic E-state index is -1.09. The number of hydrogen-bond donors (Lipinski definition) is 3. The summed E-state index contributed by atoms with van der Waals surface area (Å²) in [7, 11) is 0. The summed E-state index contributed by atoms with van der Waals surface area (Å²) in [5.41, 5.74) is 7.34. The van der Waals surface area contributed by atoms with Gasteiger partial charge in [0.2, 0.25) is 17.7 Å². The van der Waals surface area contributed by atoms with Crippen molar-refractivity contribution in [2.24, 2.45) is 5.73 Å². The van der Waals surface area contributed by atoms with Crippen molar-refractivity contribution in [2.75, 3.05) is 13.1 Å². The van der Waals surface area contributed by atoms with E-state index in [2.05, 4.69) is 24.5 Å². The molecule has 9 heteroatoms. The van der Waals surface area contributed by atoms with Crippen LogP contribution in [0.15, 0.2) is 18.2 Å². The first-order chi connectivity index (χ1) is 19.8. The minimum absolute atomic E-state index is 0.00194. The van der Waals surface area contributed by atoms with Crippen molar-refractivity contribution in [3.05, 3.63) is 34.9 Å². The number of alkyl carbamates (subject to hydrolysis) is 1. The molecule has 238 valence electrons. The van der Waals surface area contributed by atoms with Gasteiger partial charge < -0.3 is 26.0 Å². The van der Waals surface area contributed by atoms with Crippen molar-refractivity contribution in [3.8, 4) is 0 Å². The Balaban J connectivity index is 3.51. The van der Waals surface area contributed by atoms with E-state index in [1.165, 1.54) is 0 Å². The summed E-state index contributed by atoms with van der Waals surface area (Å²) in [5, 5.41) is 5.73. The quantitative estimate of drug-likeness (QED) is 0.171. The third-order valence-corrected chi connectivity index (χ3v) is 7.28. The average molecular weight is 589 g/mol. The average Bonchev–Trinajstić information content (AvgIpc) is 2.90. The normalized spacial score (nSPS) is 12.7. The molecule has 2 atom stereocenters. The summed E-state index contributed by atoms with van der Waals surface area (Å²) in [6, 6.07) is 3.78. The predicted octanol–water partition coefficient (Wildman–Crippen LogP) is 6.00. The molecule has 9 nitrogen and oxygen atoms in total. The van der Waals surface area contributed by atoms with Crippen LogP contribution in [0.4, 0.5) is 4.79 Å². The zero-order chi connectivity index (χ0) is 31.7. The number of nitrogens with one attached hydrogen (secondary N) is 2. The predicted molar refractivity (Wildman–Crippen MR) is 168 cm³/mol. The number of rotatable bonds is 19. The van der Waals surface area contributed by atoms with Gasteiger partial charge in [-0.15, -0.1) is 0 Å². The molecule has 0 bridgehead atoms. The lowest BCUT2D eigenvalue weighted by Crippen LogP contribution is -2.53. The van der Waals surface area contributed by atoms with Crippen LogP contribution in [0.1, 0.15) is 128 Å². The lowest BCUT2D eigenvalue weighted by Gasteiger charge is -2.35. The van der Waals surface area contributed by atoms with Gasteiger partial charge in [-0.3, -0.25) is 14.4 Å². The van der Waals surface area contributed by atoms with E-state index >= 15 is 0 Å². The number of amides is 4. The summed E-state index contributed by atoms with van der Waals surface area (Å²) in [6.07, 6.45) is 8.04. The molecule has 42 heavy (non-hydrogen) atoms. The first-order valence-electron chi connectivity index (χ1n) is 15.7. The maximum Gasteiger partial charge on any atom is 0.408 e. The van der Waals surface area contributed by atoms with Crippen LogP contribution in [0.5, 0.6) is 0 Å². The Labute approximate surface area is 253 Å². The molecule has 0 aromatic heterocycles. The second-order valence-electron chi connectivity index (χ2n) is 12.2. The van der Waals surface area contributed by atoms with Gasteiger partial charge >= 0.3 is 6.09 Å². The molecule has 0 aliphatic heterocycles. The molecule has 1 rings (SSSR count). The number of hydrogen-bond acceptors (Lipinski definition) is 5. The maximum atomic E-state index is 14.3. The number of carbonyl (C=O) groups is 4. The largest absolute Gasteiger partial charge is 0.444 e. The number of primary amides is 1. The third-order valence-electron chi connectivity index (χ3n) is 7.28. The molecule has 1 aromatic rings. The van der Waals surface area contributed by atoms with Gasteiger partial charge in [-0.05, 0) is 70.6 Å². The molecule has 0 saturated heterocycles. The van der Waals surface area contributed by atoms with E-state index < -0.39 is 35.6 Å². The van der Waals surface area contributed by atoms with E-state index in [4.69, 9.17) is 10.5 Å². The highest BCUT2D eigenvalue weighted by molar-refractivity contribution is 5.92. The first-order valence-corrected chi connectivity index (χ1v) is 15.7. The van der Waals surface area contributed by atoms with Crippen LogP contribution < -0.4 is 16.4 Å². The monoisotopic (exact) mass is 588 g/mol. The molecule has 0 fully saturated rings. The van der Waals surface area contributed by atoms with Gasteiger partial charge in [-0.25, -0.2) is 4.79 Å². The van der Waals surface area contributed by atoms with Gasteiger partial charge in [-0.1, -0.05) is 77.0 Å². The topological polar surface area (TPSA) is 131 Å². The fourth-order valence-electron chi connectivity index (χ4n) is 4.83. The number of ether oxygens (including phenoxy) is 1. The lowest BCUT2D eigenvalue weighted by atomic mass is 9.94. The molecule has 0 radical (unpaired) electrons. The number of nitrogens with zero attached hydrogens (tertiary/aromatic N) is 1. The van der Waals surface area contributed by atoms with Crippen LogP contribution in [-0.2, 0) is 19.1 Å². The van der Waals surface area contributed by atoms with Gasteiger partial charge in [-0.2, -0.15) is 0 Å². The standard InChI is InChI=1S/C33H56N4O5/c1-8-10-12-13-14-16-23-37(31(40)27(20-21-28(34)38)36-32(41)42-33(5,6)7)29(30(39)35-22-15-11-9-2)26-19-17-18-24(3)25(26)4/h17-19,27,29H,8-16,20-23H2,1-7H3,(H2,34,38)(H,35,39)(H,36,41). The Hall–Kier alpha value is -3.10. The van der Waals surface area contributed by atoms with Crippen LogP contribution in [0.25, 0.3) is 0 Å². The van der Waals surface area contributed by atoms with Crippen molar-refractivity contribution in [1.29, 1.82) is 0 Å². The summed E-state index contributed by atoms with van der Waals surface area (Å²) in [5.74, 6) is -1.28. The van der Waals surface area contributed by atoms with Gasteiger partial charge in [0.05, 0.1) is 0 Å². The van der Waals surface area contributed by atoms with Crippen LogP contribution in [0.2, 0.25) is 0 Å². The van der Waals surface area contributed by atoms with Crippen molar-refractivity contribution in [2.45, 2.75) is 137 Å². The van der Waals surface area contributed by atoms with E-state index in [-0.39, 0.29) is 18.7 Å². The highest BCUT2D eigenvalue weighted by Crippen LogP contribution is 2.28. The van der Waals surface area contributed by atoms with Gasteiger partial charge in [0.25, 0.3) is 0 Å². The highest BCUT2D eigenvalue weighted by Gasteiger charge is 2.36. The highest BCUT2D eigenvalue weighted by atomic mass is 16.6. The zero-order valence-electron chi connectivity index (χ0n) is 27.1. The van der Waals surface area contributed by atoms with Crippen molar-refractivity contribution in [3.63, 3.8) is 0 Å². The molecule has 0 aliphatic rings. The SMILES string of the molecule is CCCCCCCCN(C(=O)C(CCC(N)=O)NC(=O)OC(C)(C)C)C(C(=O)NCCCCC)c1cccc(C)c1C. The lowest BCUT2D eigenvalue weighted by molar-refractivity contribution is -0.142. The van der Waals surface area contributed by atoms with E-state index in [1.54, 1.807) is 25.7 Å². The van der Waals surface area contributed by atoms with Crippen LogP contribution in [-0.4, -0.2) is 53.4 Å². The fraction of sp³-hybridized carbons (Fsp3) is 0.697. The number of benzene rings is 1. The Morgan fingerprint density at radius 2 is 1.55 bits per heavy atom. The second kappa shape index (κ2) is 19.2. The summed E-state index contributed by atoms with van der Waals surface area (Å²) >= 11 is 0. The van der Waals surface area contributed by atoms with Gasteiger partial charge in [0.1, 0.15) is 17.7 Å².